The number of anilines is 1. The molecule has 0 bridgehead atoms. The molecule has 0 spiro atoms. The molecular weight excluding hydrogens is 352 g/mol. The van der Waals surface area contributed by atoms with Crippen molar-refractivity contribution in [1.82, 2.24) is 15.5 Å². The van der Waals surface area contributed by atoms with Crippen molar-refractivity contribution in [3.05, 3.63) is 48.0 Å². The molecule has 1 amide bonds. The number of aromatic nitrogens is 2. The monoisotopic (exact) mass is 374 g/mol. The third-order valence-electron chi connectivity index (χ3n) is 4.14. The molecule has 25 heavy (non-hydrogen) atoms. The number of thioether (sulfide) groups is 1. The highest BCUT2D eigenvalue weighted by Crippen LogP contribution is 2.32. The maximum absolute atomic E-state index is 12.6. The van der Waals surface area contributed by atoms with Crippen molar-refractivity contribution in [3.8, 4) is 0 Å². The van der Waals surface area contributed by atoms with E-state index in [0.29, 0.717) is 6.54 Å². The molecule has 2 aromatic rings. The summed E-state index contributed by atoms with van der Waals surface area (Å²) in [4.78, 5) is 12.6. The number of carbonyl (C=O) groups is 1. The average Bonchev–Trinajstić information content (AvgIpc) is 3.07. The standard InChI is InChI=1S/C18H22N4OS2/c1-3-11-19-17-21-22-18(25-17)24-12(2)16(23)20-15-10-6-8-13-7-4-5-9-14(13)15/h3-5,7,9,12,15H,1,6,8,10-11H2,2H3,(H,19,21)(H,20,23)/t12-,15-/m0/s1. The molecule has 0 saturated heterocycles. The number of amides is 1. The summed E-state index contributed by atoms with van der Waals surface area (Å²) in [5.74, 6) is 0.0440. The van der Waals surface area contributed by atoms with Crippen molar-refractivity contribution < 1.29 is 4.79 Å². The van der Waals surface area contributed by atoms with Gasteiger partial charge in [0.25, 0.3) is 0 Å². The lowest BCUT2D eigenvalue weighted by Crippen LogP contribution is -2.35. The van der Waals surface area contributed by atoms with E-state index in [4.69, 9.17) is 0 Å². The molecule has 132 valence electrons. The van der Waals surface area contributed by atoms with Crippen LogP contribution in [0, 0.1) is 0 Å². The highest BCUT2D eigenvalue weighted by atomic mass is 32.2. The average molecular weight is 375 g/mol. The van der Waals surface area contributed by atoms with Crippen molar-refractivity contribution >= 4 is 34.1 Å². The van der Waals surface area contributed by atoms with Crippen molar-refractivity contribution in [2.75, 3.05) is 11.9 Å². The Kier molecular flexibility index (Phi) is 6.09. The topological polar surface area (TPSA) is 66.9 Å². The smallest absolute Gasteiger partial charge is 0.233 e. The highest BCUT2D eigenvalue weighted by Gasteiger charge is 2.24. The van der Waals surface area contributed by atoms with Gasteiger partial charge in [0.1, 0.15) is 0 Å². The quantitative estimate of drug-likeness (QED) is 0.570. The van der Waals surface area contributed by atoms with E-state index in [-0.39, 0.29) is 17.2 Å². The van der Waals surface area contributed by atoms with E-state index < -0.39 is 0 Å². The minimum Gasteiger partial charge on any atom is -0.357 e. The SMILES string of the molecule is C=CCNc1nnc(S[C@@H](C)C(=O)N[C@H]2CCCc3ccccc32)s1. The fraction of sp³-hybridized carbons (Fsp3) is 0.389. The largest absolute Gasteiger partial charge is 0.357 e. The Morgan fingerprint density at radius 3 is 3.16 bits per heavy atom. The maximum Gasteiger partial charge on any atom is 0.233 e. The fourth-order valence-electron chi connectivity index (χ4n) is 2.89. The molecule has 1 aliphatic carbocycles. The Hall–Kier alpha value is -1.86. The highest BCUT2D eigenvalue weighted by molar-refractivity contribution is 8.02. The molecule has 2 atom stereocenters. The lowest BCUT2D eigenvalue weighted by molar-refractivity contribution is -0.121. The van der Waals surface area contributed by atoms with Gasteiger partial charge in [0, 0.05) is 6.54 Å². The summed E-state index contributed by atoms with van der Waals surface area (Å²) < 4.78 is 0.790. The van der Waals surface area contributed by atoms with Crippen LogP contribution >= 0.6 is 23.1 Å². The molecule has 0 aliphatic heterocycles. The zero-order chi connectivity index (χ0) is 17.6. The van der Waals surface area contributed by atoms with Crippen molar-refractivity contribution in [3.63, 3.8) is 0 Å². The number of nitrogens with one attached hydrogen (secondary N) is 2. The van der Waals surface area contributed by atoms with Crippen LogP contribution in [0.4, 0.5) is 5.13 Å². The number of hydrogen-bond acceptors (Lipinski definition) is 6. The van der Waals surface area contributed by atoms with Crippen LogP contribution < -0.4 is 10.6 Å². The first-order chi connectivity index (χ1) is 12.2. The predicted octanol–water partition coefficient (Wildman–Crippen LogP) is 3.81. The number of benzene rings is 1. The van der Waals surface area contributed by atoms with Crippen LogP contribution in [-0.4, -0.2) is 27.9 Å². The molecular formula is C18H22N4OS2. The summed E-state index contributed by atoms with van der Waals surface area (Å²) in [6, 6.07) is 8.50. The van der Waals surface area contributed by atoms with Gasteiger partial charge in [-0.25, -0.2) is 0 Å². The van der Waals surface area contributed by atoms with Gasteiger partial charge in [0.15, 0.2) is 4.34 Å². The Balaban J connectivity index is 1.58. The molecule has 1 aromatic heterocycles. The summed E-state index contributed by atoms with van der Waals surface area (Å²) in [7, 11) is 0. The van der Waals surface area contributed by atoms with Crippen molar-refractivity contribution in [2.45, 2.75) is 41.8 Å². The molecule has 1 aliphatic rings. The van der Waals surface area contributed by atoms with Crippen LogP contribution in [0.5, 0.6) is 0 Å². The van der Waals surface area contributed by atoms with Crippen LogP contribution in [0.2, 0.25) is 0 Å². The van der Waals surface area contributed by atoms with Crippen molar-refractivity contribution in [1.29, 1.82) is 0 Å². The number of carbonyl (C=O) groups excluding carboxylic acids is 1. The zero-order valence-electron chi connectivity index (χ0n) is 14.2. The molecule has 2 N–H and O–H groups in total. The summed E-state index contributed by atoms with van der Waals surface area (Å²) in [6.45, 7) is 6.22. The van der Waals surface area contributed by atoms with Crippen LogP contribution in [0.3, 0.4) is 0 Å². The van der Waals surface area contributed by atoms with E-state index in [0.717, 1.165) is 28.7 Å². The fourth-order valence-corrected chi connectivity index (χ4v) is 4.80. The lowest BCUT2D eigenvalue weighted by Gasteiger charge is -2.27. The molecule has 1 heterocycles. The Morgan fingerprint density at radius 1 is 1.48 bits per heavy atom. The normalized spacial score (nSPS) is 17.4. The molecule has 0 unspecified atom stereocenters. The van der Waals surface area contributed by atoms with Gasteiger partial charge in [-0.3, -0.25) is 4.79 Å². The third-order valence-corrected chi connectivity index (χ3v) is 6.20. The second-order valence-electron chi connectivity index (χ2n) is 5.95. The van der Waals surface area contributed by atoms with E-state index >= 15 is 0 Å². The summed E-state index contributed by atoms with van der Waals surface area (Å²) >= 11 is 2.90. The molecule has 7 heteroatoms. The van der Waals surface area contributed by atoms with E-state index in [1.807, 2.05) is 13.0 Å². The van der Waals surface area contributed by atoms with E-state index in [1.165, 1.54) is 34.2 Å². The Bertz CT molecular complexity index is 746. The van der Waals surface area contributed by atoms with E-state index in [2.05, 4.69) is 45.6 Å². The number of hydrogen-bond donors (Lipinski definition) is 2. The van der Waals surface area contributed by atoms with Crippen LogP contribution in [-0.2, 0) is 11.2 Å². The number of aryl methyl sites for hydroxylation is 1. The van der Waals surface area contributed by atoms with Gasteiger partial charge in [-0.1, -0.05) is 53.4 Å². The Labute approximate surface area is 156 Å². The van der Waals surface area contributed by atoms with Crippen molar-refractivity contribution in [2.24, 2.45) is 0 Å². The first-order valence-corrected chi connectivity index (χ1v) is 10.1. The maximum atomic E-state index is 12.6. The minimum atomic E-state index is -0.214. The first kappa shape index (κ1) is 17.9. The Morgan fingerprint density at radius 2 is 2.32 bits per heavy atom. The van der Waals surface area contributed by atoms with Gasteiger partial charge in [-0.15, -0.1) is 16.8 Å². The molecule has 0 fully saturated rings. The van der Waals surface area contributed by atoms with Gasteiger partial charge in [-0.2, -0.15) is 0 Å². The second-order valence-corrected chi connectivity index (χ2v) is 8.52. The first-order valence-electron chi connectivity index (χ1n) is 8.40. The zero-order valence-corrected chi connectivity index (χ0v) is 15.8. The van der Waals surface area contributed by atoms with Gasteiger partial charge in [0.2, 0.25) is 11.0 Å². The number of nitrogens with zero attached hydrogens (tertiary/aromatic N) is 2. The second kappa shape index (κ2) is 8.49. The van der Waals surface area contributed by atoms with E-state index in [9.17, 15) is 4.79 Å². The predicted molar refractivity (Wildman–Crippen MR) is 104 cm³/mol. The van der Waals surface area contributed by atoms with E-state index in [1.54, 1.807) is 6.08 Å². The number of rotatable bonds is 7. The molecule has 1 aromatic carbocycles. The molecule has 0 radical (unpaired) electrons. The molecule has 5 nitrogen and oxygen atoms in total. The summed E-state index contributed by atoms with van der Waals surface area (Å²) in [5, 5.41) is 15.0. The third kappa shape index (κ3) is 4.61. The van der Waals surface area contributed by atoms with Gasteiger partial charge >= 0.3 is 0 Å². The van der Waals surface area contributed by atoms with Gasteiger partial charge in [-0.05, 0) is 37.3 Å². The number of fused-ring (bicyclic) bond motifs is 1. The lowest BCUT2D eigenvalue weighted by atomic mass is 9.88. The van der Waals surface area contributed by atoms with Gasteiger partial charge in [0.05, 0.1) is 11.3 Å². The van der Waals surface area contributed by atoms with Gasteiger partial charge < -0.3 is 10.6 Å². The summed E-state index contributed by atoms with van der Waals surface area (Å²) in [5.41, 5.74) is 2.60. The van der Waals surface area contributed by atoms with Crippen LogP contribution in [0.1, 0.15) is 36.9 Å². The molecule has 3 rings (SSSR count). The summed E-state index contributed by atoms with van der Waals surface area (Å²) in [6.07, 6.45) is 4.97. The van der Waals surface area contributed by atoms with Crippen LogP contribution in [0.15, 0.2) is 41.3 Å². The van der Waals surface area contributed by atoms with Crippen LogP contribution in [0.25, 0.3) is 0 Å². The molecule has 0 saturated carbocycles. The minimum absolute atomic E-state index is 0.0440.